The Balaban J connectivity index is 3.04. The number of hydrogen-bond donors (Lipinski definition) is 2. The zero-order chi connectivity index (χ0) is 10.1. The van der Waals surface area contributed by atoms with Crippen LogP contribution in [0.5, 0.6) is 0 Å². The molecule has 0 amide bonds. The third-order valence-electron chi connectivity index (χ3n) is 1.98. The SMILES string of the molecule is CC(C)CCCCCCN=C(N)N. The molecular weight excluding hydrogens is 162 g/mol. The molecule has 13 heavy (non-hydrogen) atoms. The molecule has 3 heteroatoms. The Hall–Kier alpha value is -0.730. The van der Waals surface area contributed by atoms with Crippen LogP contribution in [-0.2, 0) is 0 Å². The van der Waals surface area contributed by atoms with Crippen LogP contribution in [-0.4, -0.2) is 12.5 Å². The van der Waals surface area contributed by atoms with Gasteiger partial charge in [-0.15, -0.1) is 0 Å². The average Bonchev–Trinajstić information content (AvgIpc) is 2.01. The van der Waals surface area contributed by atoms with Crippen LogP contribution in [0.3, 0.4) is 0 Å². The van der Waals surface area contributed by atoms with E-state index in [4.69, 9.17) is 11.5 Å². The molecule has 0 aliphatic rings. The van der Waals surface area contributed by atoms with E-state index in [1.54, 1.807) is 0 Å². The quantitative estimate of drug-likeness (QED) is 0.361. The van der Waals surface area contributed by atoms with Crippen LogP contribution >= 0.6 is 0 Å². The lowest BCUT2D eigenvalue weighted by Crippen LogP contribution is -2.22. The molecule has 78 valence electrons. The minimum Gasteiger partial charge on any atom is -0.370 e. The van der Waals surface area contributed by atoms with Crippen LogP contribution in [0.2, 0.25) is 0 Å². The predicted molar refractivity (Wildman–Crippen MR) is 58.6 cm³/mol. The van der Waals surface area contributed by atoms with Gasteiger partial charge in [0.05, 0.1) is 0 Å². The fraction of sp³-hybridized carbons (Fsp3) is 0.900. The molecular formula is C10H23N3. The summed E-state index contributed by atoms with van der Waals surface area (Å²) in [6.07, 6.45) is 6.32. The molecule has 0 aliphatic heterocycles. The van der Waals surface area contributed by atoms with Crippen LogP contribution in [0.25, 0.3) is 0 Å². The lowest BCUT2D eigenvalue weighted by atomic mass is 10.0. The second kappa shape index (κ2) is 7.90. The van der Waals surface area contributed by atoms with Crippen molar-refractivity contribution in [3.63, 3.8) is 0 Å². The van der Waals surface area contributed by atoms with E-state index in [0.717, 1.165) is 18.9 Å². The Morgan fingerprint density at radius 3 is 2.23 bits per heavy atom. The lowest BCUT2D eigenvalue weighted by molar-refractivity contribution is 0.521. The first-order valence-corrected chi connectivity index (χ1v) is 5.18. The highest BCUT2D eigenvalue weighted by Gasteiger charge is 1.93. The third kappa shape index (κ3) is 11.3. The van der Waals surface area contributed by atoms with Gasteiger partial charge in [0.2, 0.25) is 0 Å². The van der Waals surface area contributed by atoms with Crippen molar-refractivity contribution in [3.8, 4) is 0 Å². The molecule has 0 bridgehead atoms. The Morgan fingerprint density at radius 1 is 1.08 bits per heavy atom. The van der Waals surface area contributed by atoms with E-state index in [1.807, 2.05) is 0 Å². The van der Waals surface area contributed by atoms with Gasteiger partial charge >= 0.3 is 0 Å². The maximum atomic E-state index is 5.20. The number of unbranched alkanes of at least 4 members (excludes halogenated alkanes) is 3. The molecule has 0 aromatic rings. The Bertz CT molecular complexity index is 137. The second-order valence-corrected chi connectivity index (χ2v) is 3.90. The van der Waals surface area contributed by atoms with Crippen LogP contribution in [0.4, 0.5) is 0 Å². The summed E-state index contributed by atoms with van der Waals surface area (Å²) < 4.78 is 0. The number of nitrogens with zero attached hydrogens (tertiary/aromatic N) is 1. The van der Waals surface area contributed by atoms with Crippen molar-refractivity contribution in [3.05, 3.63) is 0 Å². The normalized spacial score (nSPS) is 10.4. The molecule has 0 heterocycles. The maximum Gasteiger partial charge on any atom is 0.185 e. The average molecular weight is 185 g/mol. The highest BCUT2D eigenvalue weighted by atomic mass is 15.0. The smallest absolute Gasteiger partial charge is 0.185 e. The Labute approximate surface area is 81.6 Å². The van der Waals surface area contributed by atoms with Crippen LogP contribution < -0.4 is 11.5 Å². The number of nitrogens with two attached hydrogens (primary N) is 2. The number of hydrogen-bond acceptors (Lipinski definition) is 1. The zero-order valence-electron chi connectivity index (χ0n) is 8.92. The molecule has 0 aromatic carbocycles. The fourth-order valence-corrected chi connectivity index (χ4v) is 1.23. The molecule has 3 nitrogen and oxygen atoms in total. The molecule has 0 aliphatic carbocycles. The number of aliphatic imine (C=N–C) groups is 1. The summed E-state index contributed by atoms with van der Waals surface area (Å²) in [5.41, 5.74) is 10.4. The van der Waals surface area contributed by atoms with E-state index in [-0.39, 0.29) is 5.96 Å². The highest BCUT2D eigenvalue weighted by molar-refractivity contribution is 5.75. The lowest BCUT2D eigenvalue weighted by Gasteiger charge is -2.03. The second-order valence-electron chi connectivity index (χ2n) is 3.90. The van der Waals surface area contributed by atoms with Crippen molar-refractivity contribution in [2.75, 3.05) is 6.54 Å². The van der Waals surface area contributed by atoms with E-state index in [9.17, 15) is 0 Å². The molecule has 0 aromatic heterocycles. The Kier molecular flexibility index (Phi) is 7.45. The summed E-state index contributed by atoms with van der Waals surface area (Å²) in [5, 5.41) is 0. The number of guanidine groups is 1. The van der Waals surface area contributed by atoms with Crippen molar-refractivity contribution in [2.24, 2.45) is 22.4 Å². The van der Waals surface area contributed by atoms with Crippen molar-refractivity contribution in [2.45, 2.75) is 46.0 Å². The predicted octanol–water partition coefficient (Wildman–Crippen LogP) is 1.87. The van der Waals surface area contributed by atoms with Crippen molar-refractivity contribution in [1.29, 1.82) is 0 Å². The first-order valence-electron chi connectivity index (χ1n) is 5.18. The van der Waals surface area contributed by atoms with Gasteiger partial charge in [-0.25, -0.2) is 0 Å². The summed E-state index contributed by atoms with van der Waals surface area (Å²) in [4.78, 5) is 3.93. The van der Waals surface area contributed by atoms with Gasteiger partial charge in [-0.1, -0.05) is 39.5 Å². The van der Waals surface area contributed by atoms with E-state index < -0.39 is 0 Å². The van der Waals surface area contributed by atoms with Crippen LogP contribution in [0, 0.1) is 5.92 Å². The van der Waals surface area contributed by atoms with Crippen molar-refractivity contribution in [1.82, 2.24) is 0 Å². The summed E-state index contributed by atoms with van der Waals surface area (Å²) in [6, 6.07) is 0. The van der Waals surface area contributed by atoms with Gasteiger partial charge < -0.3 is 11.5 Å². The first-order chi connectivity index (χ1) is 6.13. The van der Waals surface area contributed by atoms with Gasteiger partial charge in [0.1, 0.15) is 0 Å². The Morgan fingerprint density at radius 2 is 1.69 bits per heavy atom. The van der Waals surface area contributed by atoms with Crippen molar-refractivity contribution < 1.29 is 0 Å². The monoisotopic (exact) mass is 185 g/mol. The van der Waals surface area contributed by atoms with E-state index in [0.29, 0.717) is 0 Å². The summed E-state index contributed by atoms with van der Waals surface area (Å²) in [7, 11) is 0. The van der Waals surface area contributed by atoms with E-state index in [2.05, 4.69) is 18.8 Å². The number of rotatable bonds is 7. The minimum atomic E-state index is 0.210. The summed E-state index contributed by atoms with van der Waals surface area (Å²) in [6.45, 7) is 5.31. The minimum absolute atomic E-state index is 0.210. The molecule has 0 fully saturated rings. The molecule has 0 unspecified atom stereocenters. The van der Waals surface area contributed by atoms with Gasteiger partial charge in [-0.05, 0) is 12.3 Å². The molecule has 0 saturated carbocycles. The standard InChI is InChI=1S/C10H23N3/c1-9(2)7-5-3-4-6-8-13-10(11)12/h9H,3-8H2,1-2H3,(H4,11,12,13). The molecule has 0 spiro atoms. The maximum absolute atomic E-state index is 5.20. The fourth-order valence-electron chi connectivity index (χ4n) is 1.23. The van der Waals surface area contributed by atoms with Crippen molar-refractivity contribution >= 4 is 5.96 Å². The molecule has 0 atom stereocenters. The van der Waals surface area contributed by atoms with Gasteiger partial charge in [0.15, 0.2) is 5.96 Å². The summed E-state index contributed by atoms with van der Waals surface area (Å²) >= 11 is 0. The topological polar surface area (TPSA) is 64.4 Å². The van der Waals surface area contributed by atoms with Gasteiger partial charge in [-0.3, -0.25) is 4.99 Å². The zero-order valence-corrected chi connectivity index (χ0v) is 8.92. The molecule has 0 radical (unpaired) electrons. The highest BCUT2D eigenvalue weighted by Crippen LogP contribution is 2.09. The van der Waals surface area contributed by atoms with Crippen LogP contribution in [0.15, 0.2) is 4.99 Å². The van der Waals surface area contributed by atoms with Gasteiger partial charge in [-0.2, -0.15) is 0 Å². The summed E-state index contributed by atoms with van der Waals surface area (Å²) in [5.74, 6) is 1.04. The molecule has 4 N–H and O–H groups in total. The molecule has 0 saturated heterocycles. The van der Waals surface area contributed by atoms with Gasteiger partial charge in [0.25, 0.3) is 0 Å². The van der Waals surface area contributed by atoms with E-state index in [1.165, 1.54) is 25.7 Å². The molecule has 0 rings (SSSR count). The third-order valence-corrected chi connectivity index (χ3v) is 1.98. The largest absolute Gasteiger partial charge is 0.370 e. The van der Waals surface area contributed by atoms with Crippen LogP contribution in [0.1, 0.15) is 46.0 Å². The van der Waals surface area contributed by atoms with E-state index >= 15 is 0 Å². The first kappa shape index (κ1) is 12.3. The van der Waals surface area contributed by atoms with Gasteiger partial charge in [0, 0.05) is 6.54 Å².